The molecule has 2 aliphatic heterocycles. The van der Waals surface area contributed by atoms with E-state index in [1.54, 1.807) is 4.90 Å². The molecule has 5 heteroatoms. The Morgan fingerprint density at radius 2 is 2.14 bits per heavy atom. The number of hydrogen-bond acceptors (Lipinski definition) is 4. The van der Waals surface area contributed by atoms with Gasteiger partial charge in [0.1, 0.15) is 18.0 Å². The summed E-state index contributed by atoms with van der Waals surface area (Å²) in [6, 6.07) is 4.20. The molecule has 1 N–H and O–H groups in total. The molecular weight excluding hydrogens is 268 g/mol. The molecule has 1 aromatic carbocycles. The Balaban J connectivity index is 1.77. The Morgan fingerprint density at radius 1 is 1.33 bits per heavy atom. The van der Waals surface area contributed by atoms with E-state index in [2.05, 4.69) is 11.4 Å². The van der Waals surface area contributed by atoms with Crippen molar-refractivity contribution in [2.75, 3.05) is 25.0 Å². The number of nitrogens with one attached hydrogen (secondary N) is 1. The van der Waals surface area contributed by atoms with Gasteiger partial charge in [0.2, 0.25) is 0 Å². The number of hydrogen-bond donors (Lipinski definition) is 1. The van der Waals surface area contributed by atoms with Gasteiger partial charge in [0, 0.05) is 19.6 Å². The van der Waals surface area contributed by atoms with Crippen molar-refractivity contribution in [1.29, 1.82) is 0 Å². The van der Waals surface area contributed by atoms with Crippen molar-refractivity contribution in [3.8, 4) is 5.75 Å². The molecule has 0 aliphatic carbocycles. The fourth-order valence-electron chi connectivity index (χ4n) is 2.67. The highest BCUT2D eigenvalue weighted by Crippen LogP contribution is 2.33. The number of amides is 1. The predicted octanol–water partition coefficient (Wildman–Crippen LogP) is 2.78. The number of benzene rings is 1. The topological polar surface area (TPSA) is 50.8 Å². The minimum atomic E-state index is -0.458. The van der Waals surface area contributed by atoms with Gasteiger partial charge in [0.05, 0.1) is 5.69 Å². The highest BCUT2D eigenvalue weighted by Gasteiger charge is 2.27. The van der Waals surface area contributed by atoms with Crippen molar-refractivity contribution in [1.82, 2.24) is 4.90 Å². The van der Waals surface area contributed by atoms with Crippen molar-refractivity contribution >= 4 is 11.8 Å². The van der Waals surface area contributed by atoms with Crippen molar-refractivity contribution < 1.29 is 14.3 Å². The van der Waals surface area contributed by atoms with Gasteiger partial charge in [-0.2, -0.15) is 0 Å². The number of nitrogens with zero attached hydrogens (tertiary/aromatic N) is 1. The van der Waals surface area contributed by atoms with Crippen LogP contribution in [0.25, 0.3) is 0 Å². The lowest BCUT2D eigenvalue weighted by Gasteiger charge is -2.32. The van der Waals surface area contributed by atoms with Crippen LogP contribution in [0.3, 0.4) is 0 Å². The van der Waals surface area contributed by atoms with E-state index >= 15 is 0 Å². The number of carbonyl (C=O) groups excluding carboxylic acids is 1. The first-order valence-corrected chi connectivity index (χ1v) is 7.43. The van der Waals surface area contributed by atoms with Crippen LogP contribution in [0.1, 0.15) is 31.9 Å². The summed E-state index contributed by atoms with van der Waals surface area (Å²) in [5, 5.41) is 3.35. The molecular formula is C16H22N2O3. The normalized spacial score (nSPS) is 17.2. The maximum Gasteiger partial charge on any atom is 0.410 e. The molecule has 0 unspecified atom stereocenters. The zero-order valence-electron chi connectivity index (χ0n) is 12.9. The summed E-state index contributed by atoms with van der Waals surface area (Å²) < 4.78 is 11.1. The van der Waals surface area contributed by atoms with Crippen LogP contribution in [0.2, 0.25) is 0 Å². The first-order valence-electron chi connectivity index (χ1n) is 7.43. The third kappa shape index (κ3) is 3.06. The quantitative estimate of drug-likeness (QED) is 0.798. The molecule has 0 fully saturated rings. The van der Waals surface area contributed by atoms with Crippen molar-refractivity contribution in [2.45, 2.75) is 39.3 Å². The number of ether oxygens (including phenoxy) is 2. The third-order valence-electron chi connectivity index (χ3n) is 3.64. The Kier molecular flexibility index (Phi) is 3.43. The molecule has 0 spiro atoms. The first kappa shape index (κ1) is 14.0. The lowest BCUT2D eigenvalue weighted by Crippen LogP contribution is -2.40. The van der Waals surface area contributed by atoms with Gasteiger partial charge in [0.25, 0.3) is 0 Å². The van der Waals surface area contributed by atoms with Crippen LogP contribution >= 0.6 is 0 Å². The average molecular weight is 290 g/mol. The van der Waals surface area contributed by atoms with E-state index in [1.807, 2.05) is 26.8 Å². The molecule has 1 amide bonds. The fourth-order valence-corrected chi connectivity index (χ4v) is 2.67. The summed E-state index contributed by atoms with van der Waals surface area (Å²) >= 11 is 0. The second-order valence-electron chi connectivity index (χ2n) is 6.54. The lowest BCUT2D eigenvalue weighted by atomic mass is 9.98. The second kappa shape index (κ2) is 5.13. The van der Waals surface area contributed by atoms with E-state index < -0.39 is 5.60 Å². The Hall–Kier alpha value is -1.91. The lowest BCUT2D eigenvalue weighted by molar-refractivity contribution is 0.0224. The Bertz CT molecular complexity index is 563. The molecule has 114 valence electrons. The van der Waals surface area contributed by atoms with Crippen LogP contribution in [0, 0.1) is 0 Å². The van der Waals surface area contributed by atoms with Crippen LogP contribution in [0.5, 0.6) is 5.75 Å². The monoisotopic (exact) mass is 290 g/mol. The van der Waals surface area contributed by atoms with Gasteiger partial charge in [-0.3, -0.25) is 0 Å². The van der Waals surface area contributed by atoms with Gasteiger partial charge in [0.15, 0.2) is 0 Å². The standard InChI is InChI=1S/C16H22N2O3/c1-16(2,3)21-15(19)18-6-4-11-8-13-14(9-12(11)10-18)20-7-5-17-13/h8-9,17H,4-7,10H2,1-3H3. The zero-order chi connectivity index (χ0) is 15.0. The number of carbonyl (C=O) groups is 1. The van der Waals surface area contributed by atoms with Crippen LogP contribution < -0.4 is 10.1 Å². The van der Waals surface area contributed by atoms with E-state index in [0.29, 0.717) is 19.7 Å². The SMILES string of the molecule is CC(C)(C)OC(=O)N1CCc2cc3c(cc2C1)OCCN3. The van der Waals surface area contributed by atoms with Crippen LogP contribution in [0.15, 0.2) is 12.1 Å². The van der Waals surface area contributed by atoms with Gasteiger partial charge in [-0.25, -0.2) is 4.79 Å². The summed E-state index contributed by atoms with van der Waals surface area (Å²) in [5.41, 5.74) is 3.03. The van der Waals surface area contributed by atoms with Crippen molar-refractivity contribution in [2.24, 2.45) is 0 Å². The molecule has 5 nitrogen and oxygen atoms in total. The van der Waals surface area contributed by atoms with Gasteiger partial charge < -0.3 is 19.7 Å². The minimum absolute atomic E-state index is 0.245. The molecule has 3 rings (SSSR count). The van der Waals surface area contributed by atoms with Gasteiger partial charge >= 0.3 is 6.09 Å². The Morgan fingerprint density at radius 3 is 2.90 bits per heavy atom. The van der Waals surface area contributed by atoms with E-state index in [9.17, 15) is 4.79 Å². The number of fused-ring (bicyclic) bond motifs is 2. The van der Waals surface area contributed by atoms with Crippen molar-refractivity contribution in [3.63, 3.8) is 0 Å². The van der Waals surface area contributed by atoms with Gasteiger partial charge in [-0.15, -0.1) is 0 Å². The minimum Gasteiger partial charge on any atom is -0.490 e. The maximum absolute atomic E-state index is 12.2. The number of anilines is 1. The predicted molar refractivity (Wildman–Crippen MR) is 80.8 cm³/mol. The molecule has 0 saturated heterocycles. The molecule has 0 saturated carbocycles. The van der Waals surface area contributed by atoms with E-state index in [0.717, 1.165) is 30.0 Å². The molecule has 0 aromatic heterocycles. The van der Waals surface area contributed by atoms with Crippen molar-refractivity contribution in [3.05, 3.63) is 23.3 Å². The fraction of sp³-hybridized carbons (Fsp3) is 0.562. The molecule has 0 bridgehead atoms. The van der Waals surface area contributed by atoms with Crippen LogP contribution in [-0.2, 0) is 17.7 Å². The summed E-state index contributed by atoms with van der Waals surface area (Å²) in [4.78, 5) is 13.9. The van der Waals surface area contributed by atoms with Crippen LogP contribution in [0.4, 0.5) is 10.5 Å². The largest absolute Gasteiger partial charge is 0.490 e. The Labute approximate surface area is 125 Å². The van der Waals surface area contributed by atoms with Gasteiger partial charge in [-0.05, 0) is 50.5 Å². The molecule has 2 heterocycles. The summed E-state index contributed by atoms with van der Waals surface area (Å²) in [7, 11) is 0. The molecule has 0 atom stereocenters. The third-order valence-corrected chi connectivity index (χ3v) is 3.64. The molecule has 1 aromatic rings. The highest BCUT2D eigenvalue weighted by molar-refractivity contribution is 5.69. The smallest absolute Gasteiger partial charge is 0.410 e. The summed E-state index contributed by atoms with van der Waals surface area (Å²) in [5.74, 6) is 0.881. The van der Waals surface area contributed by atoms with E-state index in [-0.39, 0.29) is 6.09 Å². The molecule has 2 aliphatic rings. The van der Waals surface area contributed by atoms with Gasteiger partial charge in [-0.1, -0.05) is 0 Å². The van der Waals surface area contributed by atoms with E-state index in [1.165, 1.54) is 5.56 Å². The highest BCUT2D eigenvalue weighted by atomic mass is 16.6. The maximum atomic E-state index is 12.2. The van der Waals surface area contributed by atoms with Crippen LogP contribution in [-0.4, -0.2) is 36.3 Å². The summed E-state index contributed by atoms with van der Waals surface area (Å²) in [6.45, 7) is 8.47. The zero-order valence-corrected chi connectivity index (χ0v) is 12.9. The van der Waals surface area contributed by atoms with E-state index in [4.69, 9.17) is 9.47 Å². The average Bonchev–Trinajstić information content (AvgIpc) is 2.42. The molecule has 0 radical (unpaired) electrons. The summed E-state index contributed by atoms with van der Waals surface area (Å²) in [6.07, 6.45) is 0.605. The number of rotatable bonds is 0. The first-order chi connectivity index (χ1) is 9.92. The second-order valence-corrected chi connectivity index (χ2v) is 6.54. The molecule has 21 heavy (non-hydrogen) atoms.